The molecule has 0 aliphatic heterocycles. The molecule has 1 aromatic heterocycles. The summed E-state index contributed by atoms with van der Waals surface area (Å²) in [6.45, 7) is 2.34. The van der Waals surface area contributed by atoms with Crippen molar-refractivity contribution in [3.63, 3.8) is 0 Å². The SMILES string of the molecule is CC1CCCC1C(NN)c1sccc1Br. The van der Waals surface area contributed by atoms with E-state index in [0.717, 1.165) is 5.92 Å². The van der Waals surface area contributed by atoms with Crippen LogP contribution in [0.5, 0.6) is 0 Å². The Bertz CT molecular complexity index is 326. The van der Waals surface area contributed by atoms with E-state index in [1.807, 2.05) is 0 Å². The van der Waals surface area contributed by atoms with Crippen molar-refractivity contribution < 1.29 is 0 Å². The van der Waals surface area contributed by atoms with Gasteiger partial charge in [-0.25, -0.2) is 0 Å². The fourth-order valence-corrected chi connectivity index (χ4v) is 4.35. The second-order valence-corrected chi connectivity index (χ2v) is 6.15. The Morgan fingerprint density at radius 2 is 2.40 bits per heavy atom. The molecule has 0 radical (unpaired) electrons. The zero-order chi connectivity index (χ0) is 10.8. The number of halogens is 1. The van der Waals surface area contributed by atoms with E-state index >= 15 is 0 Å². The van der Waals surface area contributed by atoms with Crippen molar-refractivity contribution in [3.05, 3.63) is 20.8 Å². The standard InChI is InChI=1S/C11H17BrN2S/c1-7-3-2-4-8(7)10(14-13)11-9(12)5-6-15-11/h5-8,10,14H,2-4,13H2,1H3. The Labute approximate surface area is 103 Å². The summed E-state index contributed by atoms with van der Waals surface area (Å²) in [4.78, 5) is 1.34. The highest BCUT2D eigenvalue weighted by atomic mass is 79.9. The first-order valence-electron chi connectivity index (χ1n) is 5.43. The summed E-state index contributed by atoms with van der Waals surface area (Å²) in [6.07, 6.45) is 3.97. The molecule has 1 saturated carbocycles. The van der Waals surface area contributed by atoms with Crippen molar-refractivity contribution in [2.45, 2.75) is 32.2 Å². The van der Waals surface area contributed by atoms with E-state index in [4.69, 9.17) is 5.84 Å². The molecule has 0 saturated heterocycles. The summed E-state index contributed by atoms with van der Waals surface area (Å²) in [5.74, 6) is 7.17. The number of hydrogen-bond donors (Lipinski definition) is 2. The van der Waals surface area contributed by atoms with Gasteiger partial charge in [-0.3, -0.25) is 11.3 Å². The van der Waals surface area contributed by atoms with Crippen LogP contribution in [0.3, 0.4) is 0 Å². The third kappa shape index (κ3) is 2.28. The summed E-state index contributed by atoms with van der Waals surface area (Å²) < 4.78 is 1.19. The molecule has 0 spiro atoms. The highest BCUT2D eigenvalue weighted by Crippen LogP contribution is 2.43. The van der Waals surface area contributed by atoms with Crippen LogP contribution >= 0.6 is 27.3 Å². The average molecular weight is 289 g/mol. The lowest BCUT2D eigenvalue weighted by atomic mass is 9.90. The van der Waals surface area contributed by atoms with E-state index in [0.29, 0.717) is 12.0 Å². The Morgan fingerprint density at radius 3 is 2.87 bits per heavy atom. The van der Waals surface area contributed by atoms with Crippen LogP contribution in [0.1, 0.15) is 37.1 Å². The summed E-state index contributed by atoms with van der Waals surface area (Å²) in [7, 11) is 0. The molecule has 0 aromatic carbocycles. The molecule has 3 atom stereocenters. The number of hydrogen-bond acceptors (Lipinski definition) is 3. The number of nitrogens with two attached hydrogens (primary N) is 1. The van der Waals surface area contributed by atoms with Crippen molar-refractivity contribution >= 4 is 27.3 Å². The van der Waals surface area contributed by atoms with Crippen LogP contribution in [0, 0.1) is 11.8 Å². The number of rotatable bonds is 3. The maximum atomic E-state index is 5.71. The fourth-order valence-electron chi connectivity index (χ4n) is 2.59. The van der Waals surface area contributed by atoms with Crippen molar-refractivity contribution in [2.24, 2.45) is 17.7 Å². The summed E-state index contributed by atoms with van der Waals surface area (Å²) in [6, 6.07) is 2.42. The minimum atomic E-state index is 0.317. The van der Waals surface area contributed by atoms with E-state index in [9.17, 15) is 0 Å². The average Bonchev–Trinajstić information content (AvgIpc) is 2.80. The summed E-state index contributed by atoms with van der Waals surface area (Å²) >= 11 is 5.37. The van der Waals surface area contributed by atoms with Gasteiger partial charge < -0.3 is 0 Å². The van der Waals surface area contributed by atoms with Gasteiger partial charge in [0.2, 0.25) is 0 Å². The topological polar surface area (TPSA) is 38.0 Å². The van der Waals surface area contributed by atoms with Crippen molar-refractivity contribution in [1.29, 1.82) is 0 Å². The van der Waals surface area contributed by atoms with Gasteiger partial charge in [-0.1, -0.05) is 19.8 Å². The first-order chi connectivity index (χ1) is 7.24. The van der Waals surface area contributed by atoms with Gasteiger partial charge in [0.05, 0.1) is 6.04 Å². The molecule has 1 heterocycles. The maximum Gasteiger partial charge on any atom is 0.0595 e. The molecule has 3 unspecified atom stereocenters. The van der Waals surface area contributed by atoms with Crippen LogP contribution in [-0.2, 0) is 0 Å². The molecule has 1 aromatic rings. The fraction of sp³-hybridized carbons (Fsp3) is 0.636. The zero-order valence-corrected chi connectivity index (χ0v) is 11.3. The van der Waals surface area contributed by atoms with Crippen LogP contribution < -0.4 is 11.3 Å². The van der Waals surface area contributed by atoms with Gasteiger partial charge in [-0.2, -0.15) is 0 Å². The summed E-state index contributed by atoms with van der Waals surface area (Å²) in [5, 5.41) is 2.11. The minimum Gasteiger partial charge on any atom is -0.271 e. The van der Waals surface area contributed by atoms with Gasteiger partial charge in [-0.05, 0) is 45.6 Å². The maximum absolute atomic E-state index is 5.71. The van der Waals surface area contributed by atoms with E-state index in [2.05, 4.69) is 39.7 Å². The molecule has 4 heteroatoms. The molecule has 1 aliphatic carbocycles. The van der Waals surface area contributed by atoms with Crippen molar-refractivity contribution in [2.75, 3.05) is 0 Å². The van der Waals surface area contributed by atoms with Gasteiger partial charge in [0, 0.05) is 9.35 Å². The molecule has 15 heavy (non-hydrogen) atoms. The Hall–Kier alpha value is 0.100. The van der Waals surface area contributed by atoms with E-state index in [-0.39, 0.29) is 0 Å². The lowest BCUT2D eigenvalue weighted by Crippen LogP contribution is -2.34. The quantitative estimate of drug-likeness (QED) is 0.660. The van der Waals surface area contributed by atoms with E-state index in [1.165, 1.54) is 28.6 Å². The van der Waals surface area contributed by atoms with Crippen molar-refractivity contribution in [1.82, 2.24) is 5.43 Å². The van der Waals surface area contributed by atoms with Gasteiger partial charge in [-0.15, -0.1) is 11.3 Å². The molecule has 1 fully saturated rings. The monoisotopic (exact) mass is 288 g/mol. The van der Waals surface area contributed by atoms with Crippen LogP contribution in [0.2, 0.25) is 0 Å². The Kier molecular flexibility index (Phi) is 3.83. The molecular weight excluding hydrogens is 272 g/mol. The van der Waals surface area contributed by atoms with Crippen LogP contribution in [0.4, 0.5) is 0 Å². The molecule has 2 nitrogen and oxygen atoms in total. The van der Waals surface area contributed by atoms with Gasteiger partial charge in [0.25, 0.3) is 0 Å². The highest BCUT2D eigenvalue weighted by Gasteiger charge is 2.32. The van der Waals surface area contributed by atoms with Gasteiger partial charge >= 0.3 is 0 Å². The molecule has 2 rings (SSSR count). The Morgan fingerprint density at radius 1 is 1.60 bits per heavy atom. The summed E-state index contributed by atoms with van der Waals surface area (Å²) in [5.41, 5.74) is 3.00. The van der Waals surface area contributed by atoms with E-state index < -0.39 is 0 Å². The Balaban J connectivity index is 2.20. The van der Waals surface area contributed by atoms with Gasteiger partial charge in [0.1, 0.15) is 0 Å². The third-order valence-electron chi connectivity index (χ3n) is 3.46. The lowest BCUT2D eigenvalue weighted by molar-refractivity contribution is 0.307. The molecule has 0 amide bonds. The van der Waals surface area contributed by atoms with E-state index in [1.54, 1.807) is 11.3 Å². The number of nitrogens with one attached hydrogen (secondary N) is 1. The zero-order valence-electron chi connectivity index (χ0n) is 8.87. The number of thiophene rings is 1. The van der Waals surface area contributed by atoms with Crippen LogP contribution in [0.15, 0.2) is 15.9 Å². The van der Waals surface area contributed by atoms with Crippen LogP contribution in [0.25, 0.3) is 0 Å². The lowest BCUT2D eigenvalue weighted by Gasteiger charge is -2.25. The number of hydrazine groups is 1. The normalized spacial score (nSPS) is 28.2. The molecule has 1 aliphatic rings. The third-order valence-corrected chi connectivity index (χ3v) is 5.42. The highest BCUT2D eigenvalue weighted by molar-refractivity contribution is 9.10. The van der Waals surface area contributed by atoms with Crippen molar-refractivity contribution in [3.8, 4) is 0 Å². The predicted octanol–water partition coefficient (Wildman–Crippen LogP) is 3.45. The second-order valence-electron chi connectivity index (χ2n) is 4.35. The largest absolute Gasteiger partial charge is 0.271 e. The van der Waals surface area contributed by atoms with Crippen LogP contribution in [-0.4, -0.2) is 0 Å². The molecule has 84 valence electrons. The predicted molar refractivity (Wildman–Crippen MR) is 68.6 cm³/mol. The molecule has 3 N–H and O–H groups in total. The second kappa shape index (κ2) is 4.95. The smallest absolute Gasteiger partial charge is 0.0595 e. The van der Waals surface area contributed by atoms with Gasteiger partial charge in [0.15, 0.2) is 0 Å². The molecule has 0 bridgehead atoms. The first kappa shape index (κ1) is 11.6. The minimum absolute atomic E-state index is 0.317. The first-order valence-corrected chi connectivity index (χ1v) is 7.10. The molecular formula is C11H17BrN2S.